The molecule has 32 heavy (non-hydrogen) atoms. The largest absolute Gasteiger partial charge is 0.489 e. The molecule has 0 atom stereocenters. The number of ether oxygens (including phenoxy) is 3. The van der Waals surface area contributed by atoms with E-state index >= 15 is 0 Å². The summed E-state index contributed by atoms with van der Waals surface area (Å²) >= 11 is 0. The summed E-state index contributed by atoms with van der Waals surface area (Å²) in [6.45, 7) is 2.91. The Morgan fingerprint density at radius 1 is 1.12 bits per heavy atom. The second-order valence-corrected chi connectivity index (χ2v) is 9.54. The second kappa shape index (κ2) is 9.89. The van der Waals surface area contributed by atoms with Crippen molar-refractivity contribution in [2.24, 2.45) is 11.1 Å². The van der Waals surface area contributed by atoms with Gasteiger partial charge in [-0.3, -0.25) is 4.79 Å². The van der Waals surface area contributed by atoms with Gasteiger partial charge in [0.15, 0.2) is 0 Å². The zero-order valence-electron chi connectivity index (χ0n) is 19.0. The molecule has 3 saturated carbocycles. The third-order valence-corrected chi connectivity index (χ3v) is 7.78. The number of nitrogens with zero attached hydrogens (tertiary/aromatic N) is 1. The molecular weight excluding hydrogens is 411 g/mol. The molecule has 3 aliphatic carbocycles. The summed E-state index contributed by atoms with van der Waals surface area (Å²) < 4.78 is 29.1. The maximum Gasteiger partial charge on any atom is 0.228 e. The highest BCUT2D eigenvalue weighted by atomic mass is 19.1. The van der Waals surface area contributed by atoms with E-state index in [1.807, 2.05) is 17.0 Å². The van der Waals surface area contributed by atoms with Crippen molar-refractivity contribution in [3.05, 3.63) is 41.7 Å². The van der Waals surface area contributed by atoms with Crippen LogP contribution in [0.5, 0.6) is 5.75 Å². The number of rotatable bonds is 10. The number of fused-ring (bicyclic) bond motifs is 3. The molecule has 1 saturated heterocycles. The smallest absolute Gasteiger partial charge is 0.228 e. The minimum Gasteiger partial charge on any atom is -0.489 e. The zero-order valence-corrected chi connectivity index (χ0v) is 19.0. The first-order valence-corrected chi connectivity index (χ1v) is 11.7. The molecule has 7 heteroatoms. The number of carbonyl (C=O) groups excluding carboxylic acids is 1. The van der Waals surface area contributed by atoms with Gasteiger partial charge >= 0.3 is 0 Å². The molecule has 1 aromatic carbocycles. The summed E-state index contributed by atoms with van der Waals surface area (Å²) in [5.41, 5.74) is 7.21. The van der Waals surface area contributed by atoms with E-state index in [1.54, 1.807) is 7.11 Å². The lowest BCUT2D eigenvalue weighted by Crippen LogP contribution is -2.61. The van der Waals surface area contributed by atoms with Crippen LogP contribution in [0.4, 0.5) is 4.39 Å². The minimum absolute atomic E-state index is 0.150. The number of carbonyl (C=O) groups is 1. The molecule has 0 spiro atoms. The molecule has 4 fully saturated rings. The van der Waals surface area contributed by atoms with E-state index in [0.717, 1.165) is 38.5 Å². The van der Waals surface area contributed by atoms with Crippen LogP contribution in [0.1, 0.15) is 44.1 Å². The molecular formula is C25H35FN2O4. The van der Waals surface area contributed by atoms with Gasteiger partial charge in [0.05, 0.1) is 25.6 Å². The first-order chi connectivity index (χ1) is 15.5. The topological polar surface area (TPSA) is 74.0 Å². The van der Waals surface area contributed by atoms with E-state index in [2.05, 4.69) is 12.1 Å². The van der Waals surface area contributed by atoms with Crippen LogP contribution in [0.3, 0.4) is 0 Å². The van der Waals surface area contributed by atoms with Crippen molar-refractivity contribution in [2.45, 2.75) is 50.0 Å². The van der Waals surface area contributed by atoms with E-state index in [4.69, 9.17) is 19.9 Å². The number of halogens is 1. The number of benzene rings is 1. The Morgan fingerprint density at radius 3 is 2.34 bits per heavy atom. The van der Waals surface area contributed by atoms with Crippen LogP contribution < -0.4 is 10.5 Å². The van der Waals surface area contributed by atoms with Crippen molar-refractivity contribution in [3.63, 3.8) is 0 Å². The Morgan fingerprint density at radius 2 is 1.78 bits per heavy atom. The van der Waals surface area contributed by atoms with Crippen molar-refractivity contribution in [2.75, 3.05) is 46.6 Å². The van der Waals surface area contributed by atoms with Crippen LogP contribution >= 0.6 is 0 Å². The normalized spacial score (nSPS) is 28.0. The number of amides is 1. The lowest BCUT2D eigenvalue weighted by molar-refractivity contribution is -0.163. The van der Waals surface area contributed by atoms with Crippen molar-refractivity contribution in [3.8, 4) is 5.75 Å². The lowest BCUT2D eigenvalue weighted by Gasteiger charge is -2.55. The number of methoxy groups -OCH3 is 1. The van der Waals surface area contributed by atoms with Crippen LogP contribution in [0.2, 0.25) is 0 Å². The van der Waals surface area contributed by atoms with Crippen LogP contribution in [0.25, 0.3) is 0 Å². The van der Waals surface area contributed by atoms with Gasteiger partial charge in [-0.25, -0.2) is 4.39 Å². The monoisotopic (exact) mass is 446 g/mol. The Kier molecular flexibility index (Phi) is 7.17. The van der Waals surface area contributed by atoms with Gasteiger partial charge in [0, 0.05) is 37.7 Å². The standard InChI is InChI=1S/C25H35FN2O4/c1-30-12-13-31-22-16-28(17-22)23(29)25-9-6-24(7-10-25,8-11-25)20-2-4-21(5-3-20)32-18-19(14-26)15-27/h2-5,14,22H,6-13,15-18,27H2,1H3. The van der Waals surface area contributed by atoms with Crippen LogP contribution in [0.15, 0.2) is 36.2 Å². The average molecular weight is 447 g/mol. The average Bonchev–Trinajstić information content (AvgIpc) is 2.82. The number of hydrogen-bond acceptors (Lipinski definition) is 5. The van der Waals surface area contributed by atoms with Gasteiger partial charge < -0.3 is 24.8 Å². The molecule has 176 valence electrons. The van der Waals surface area contributed by atoms with Gasteiger partial charge in [0.2, 0.25) is 5.91 Å². The highest BCUT2D eigenvalue weighted by Gasteiger charge is 2.55. The highest BCUT2D eigenvalue weighted by molar-refractivity contribution is 5.84. The summed E-state index contributed by atoms with van der Waals surface area (Å²) in [5, 5.41) is 0. The summed E-state index contributed by atoms with van der Waals surface area (Å²) in [6, 6.07) is 8.19. The first kappa shape index (κ1) is 23.2. The quantitative estimate of drug-likeness (QED) is 0.558. The van der Waals surface area contributed by atoms with E-state index in [0.29, 0.717) is 49.9 Å². The van der Waals surface area contributed by atoms with Crippen LogP contribution in [0, 0.1) is 5.41 Å². The molecule has 1 aliphatic heterocycles. The van der Waals surface area contributed by atoms with E-state index in [-0.39, 0.29) is 30.1 Å². The molecule has 0 radical (unpaired) electrons. The number of hydrogen-bond donors (Lipinski definition) is 1. The summed E-state index contributed by atoms with van der Waals surface area (Å²) in [7, 11) is 1.66. The number of likely N-dealkylation sites (tertiary alicyclic amines) is 1. The minimum atomic E-state index is -0.181. The van der Waals surface area contributed by atoms with Crippen molar-refractivity contribution < 1.29 is 23.4 Å². The fourth-order valence-electron chi connectivity index (χ4n) is 5.50. The highest BCUT2D eigenvalue weighted by Crippen LogP contribution is 2.58. The van der Waals surface area contributed by atoms with E-state index in [9.17, 15) is 9.18 Å². The predicted molar refractivity (Wildman–Crippen MR) is 120 cm³/mol. The molecule has 1 aromatic rings. The molecule has 6 nitrogen and oxygen atoms in total. The summed E-state index contributed by atoms with van der Waals surface area (Å²) in [5.74, 6) is 1.05. The maximum atomic E-state index is 13.3. The van der Waals surface area contributed by atoms with Crippen LogP contribution in [-0.2, 0) is 19.7 Å². The Balaban J connectivity index is 1.30. The van der Waals surface area contributed by atoms with Gasteiger partial charge in [-0.1, -0.05) is 12.1 Å². The lowest BCUT2D eigenvalue weighted by atomic mass is 9.51. The van der Waals surface area contributed by atoms with Gasteiger partial charge in [0.25, 0.3) is 0 Å². The Hall–Kier alpha value is -1.96. The van der Waals surface area contributed by atoms with E-state index < -0.39 is 0 Å². The molecule has 2 N–H and O–H groups in total. The predicted octanol–water partition coefficient (Wildman–Crippen LogP) is 3.34. The number of nitrogens with two attached hydrogens (primary N) is 1. The van der Waals surface area contributed by atoms with Gasteiger partial charge in [-0.05, 0) is 61.6 Å². The third-order valence-electron chi connectivity index (χ3n) is 7.78. The van der Waals surface area contributed by atoms with Gasteiger partial charge in [-0.15, -0.1) is 0 Å². The molecule has 1 amide bonds. The summed E-state index contributed by atoms with van der Waals surface area (Å²) in [6.07, 6.45) is 6.66. The molecule has 1 heterocycles. The third kappa shape index (κ3) is 4.56. The summed E-state index contributed by atoms with van der Waals surface area (Å²) in [4.78, 5) is 15.3. The van der Waals surface area contributed by atoms with E-state index in [1.165, 1.54) is 5.56 Å². The Bertz CT molecular complexity index is 795. The van der Waals surface area contributed by atoms with Crippen molar-refractivity contribution in [1.82, 2.24) is 4.90 Å². The second-order valence-electron chi connectivity index (χ2n) is 9.54. The molecule has 5 rings (SSSR count). The molecule has 2 bridgehead atoms. The first-order valence-electron chi connectivity index (χ1n) is 11.7. The zero-order chi connectivity index (χ0) is 22.6. The molecule has 0 unspecified atom stereocenters. The van der Waals surface area contributed by atoms with Crippen LogP contribution in [-0.4, -0.2) is 63.5 Å². The molecule has 0 aromatic heterocycles. The maximum absolute atomic E-state index is 13.3. The fraction of sp³-hybridized carbons (Fsp3) is 0.640. The van der Waals surface area contributed by atoms with Gasteiger partial charge in [0.1, 0.15) is 12.4 Å². The van der Waals surface area contributed by atoms with Gasteiger partial charge in [-0.2, -0.15) is 0 Å². The van der Waals surface area contributed by atoms with Crippen molar-refractivity contribution >= 4 is 5.91 Å². The fourth-order valence-corrected chi connectivity index (χ4v) is 5.50. The Labute approximate surface area is 189 Å². The molecule has 4 aliphatic rings. The van der Waals surface area contributed by atoms with Crippen molar-refractivity contribution in [1.29, 1.82) is 0 Å². The SMILES string of the molecule is COCCOC1CN(C(=O)C23CCC(c4ccc(OCC(=CF)CN)cc4)(CC2)CC3)C1.